The summed E-state index contributed by atoms with van der Waals surface area (Å²) in [5.41, 5.74) is 4.63. The van der Waals surface area contributed by atoms with Crippen LogP contribution < -0.4 is 5.32 Å². The molecule has 1 amide bonds. The molecule has 0 spiro atoms. The van der Waals surface area contributed by atoms with Crippen molar-refractivity contribution < 1.29 is 9.72 Å². The third-order valence-electron chi connectivity index (χ3n) is 5.18. The van der Waals surface area contributed by atoms with Crippen molar-refractivity contribution in [1.82, 2.24) is 19.7 Å². The van der Waals surface area contributed by atoms with Crippen LogP contribution >= 0.6 is 0 Å². The minimum absolute atomic E-state index is 0.0334. The van der Waals surface area contributed by atoms with Crippen LogP contribution in [-0.4, -0.2) is 25.2 Å². The Morgan fingerprint density at radius 1 is 1.13 bits per heavy atom. The molecule has 2 heterocycles. The molecule has 30 heavy (non-hydrogen) atoms. The Labute approximate surface area is 172 Å². The van der Waals surface area contributed by atoms with Crippen LogP contribution in [0.3, 0.4) is 0 Å². The maximum atomic E-state index is 12.5. The number of hydrogen-bond acceptors (Lipinski definition) is 4. The van der Waals surface area contributed by atoms with Crippen LogP contribution in [0.5, 0.6) is 0 Å². The van der Waals surface area contributed by atoms with E-state index in [0.29, 0.717) is 6.54 Å². The number of aryl methyl sites for hydroxylation is 1. The second-order valence-electron chi connectivity index (χ2n) is 7.12. The normalized spacial score (nSPS) is 11.0. The van der Waals surface area contributed by atoms with Gasteiger partial charge in [-0.25, -0.2) is 4.68 Å². The highest BCUT2D eigenvalue weighted by molar-refractivity contribution is 5.85. The highest BCUT2D eigenvalue weighted by atomic mass is 16.6. The van der Waals surface area contributed by atoms with Gasteiger partial charge in [0.15, 0.2) is 0 Å². The number of hydrogen-bond donors (Lipinski definition) is 1. The summed E-state index contributed by atoms with van der Waals surface area (Å²) in [5.74, 6) is -0.142. The predicted octanol–water partition coefficient (Wildman–Crippen LogP) is 3.67. The van der Waals surface area contributed by atoms with Crippen molar-refractivity contribution in [2.24, 2.45) is 0 Å². The summed E-state index contributed by atoms with van der Waals surface area (Å²) in [6.07, 6.45) is 1.76. The summed E-state index contributed by atoms with van der Waals surface area (Å²) in [6, 6.07) is 16.3. The molecule has 0 aliphatic heterocycles. The molecule has 8 heteroatoms. The van der Waals surface area contributed by atoms with Crippen molar-refractivity contribution in [3.8, 4) is 5.69 Å². The molecule has 0 aliphatic rings. The second kappa shape index (κ2) is 7.82. The third kappa shape index (κ3) is 3.67. The summed E-state index contributed by atoms with van der Waals surface area (Å²) in [4.78, 5) is 23.0. The van der Waals surface area contributed by atoms with E-state index < -0.39 is 4.92 Å². The van der Waals surface area contributed by atoms with Crippen LogP contribution in [0, 0.1) is 24.0 Å². The average molecular weight is 403 g/mol. The van der Waals surface area contributed by atoms with Crippen molar-refractivity contribution in [1.29, 1.82) is 0 Å². The van der Waals surface area contributed by atoms with Crippen LogP contribution in [0.1, 0.15) is 17.0 Å². The van der Waals surface area contributed by atoms with Crippen LogP contribution in [0.2, 0.25) is 0 Å². The lowest BCUT2D eigenvalue weighted by Gasteiger charge is -2.09. The Kier molecular flexibility index (Phi) is 5.05. The first-order valence-corrected chi connectivity index (χ1v) is 9.54. The fourth-order valence-corrected chi connectivity index (χ4v) is 3.59. The molecule has 0 saturated carbocycles. The molecule has 0 aliphatic carbocycles. The number of aromatic nitrogens is 3. The van der Waals surface area contributed by atoms with E-state index in [1.807, 2.05) is 48.9 Å². The molecule has 4 rings (SSSR count). The molecule has 0 fully saturated rings. The molecule has 2 aromatic heterocycles. The van der Waals surface area contributed by atoms with Gasteiger partial charge < -0.3 is 9.88 Å². The molecule has 2 aromatic carbocycles. The van der Waals surface area contributed by atoms with Crippen molar-refractivity contribution in [2.75, 3.05) is 0 Å². The number of benzene rings is 2. The Morgan fingerprint density at radius 3 is 2.63 bits per heavy atom. The number of non-ortho nitro benzene ring substituents is 1. The maximum absolute atomic E-state index is 12.5. The van der Waals surface area contributed by atoms with Gasteiger partial charge in [0.2, 0.25) is 5.91 Å². The van der Waals surface area contributed by atoms with Gasteiger partial charge in [-0.3, -0.25) is 14.9 Å². The van der Waals surface area contributed by atoms with Crippen LogP contribution in [0.25, 0.3) is 16.6 Å². The number of carbonyl (C=O) groups excluding carboxylic acids is 1. The van der Waals surface area contributed by atoms with Crippen LogP contribution in [-0.2, 0) is 17.9 Å². The Balaban J connectivity index is 1.46. The second-order valence-corrected chi connectivity index (χ2v) is 7.12. The maximum Gasteiger partial charge on any atom is 0.270 e. The fourth-order valence-electron chi connectivity index (χ4n) is 3.59. The molecule has 4 aromatic rings. The molecular formula is C22H21N5O3. The first kappa shape index (κ1) is 19.4. The molecule has 0 unspecified atom stereocenters. The van der Waals surface area contributed by atoms with Gasteiger partial charge in [-0.2, -0.15) is 5.10 Å². The standard InChI is InChI=1S/C22H21N5O3/c1-15-20(16(2)26(24-15)18-6-4-3-5-7-18)13-23-22(28)14-25-11-10-17-12-19(27(29)30)8-9-21(17)25/h3-12H,13-14H2,1-2H3,(H,23,28). The molecule has 0 atom stereocenters. The molecular weight excluding hydrogens is 382 g/mol. The zero-order valence-electron chi connectivity index (χ0n) is 16.7. The summed E-state index contributed by atoms with van der Waals surface area (Å²) < 4.78 is 3.66. The van der Waals surface area contributed by atoms with Gasteiger partial charge in [0.25, 0.3) is 5.69 Å². The summed E-state index contributed by atoms with van der Waals surface area (Å²) in [5, 5.41) is 19.2. The monoisotopic (exact) mass is 403 g/mol. The quantitative estimate of drug-likeness (QED) is 0.392. The Bertz CT molecular complexity index is 1240. The van der Waals surface area contributed by atoms with Gasteiger partial charge in [-0.05, 0) is 38.1 Å². The number of nitro groups is 1. The van der Waals surface area contributed by atoms with E-state index >= 15 is 0 Å². The van der Waals surface area contributed by atoms with Crippen molar-refractivity contribution >= 4 is 22.5 Å². The zero-order valence-corrected chi connectivity index (χ0v) is 16.7. The number of fused-ring (bicyclic) bond motifs is 1. The number of rotatable bonds is 6. The van der Waals surface area contributed by atoms with E-state index in [-0.39, 0.29) is 18.1 Å². The van der Waals surface area contributed by atoms with Crippen LogP contribution in [0.4, 0.5) is 5.69 Å². The first-order chi connectivity index (χ1) is 14.4. The van der Waals surface area contributed by atoms with Gasteiger partial charge in [0.05, 0.1) is 16.3 Å². The van der Waals surface area contributed by atoms with Gasteiger partial charge in [-0.1, -0.05) is 18.2 Å². The third-order valence-corrected chi connectivity index (χ3v) is 5.18. The number of para-hydroxylation sites is 1. The number of carbonyl (C=O) groups is 1. The van der Waals surface area contributed by atoms with Gasteiger partial charge in [0.1, 0.15) is 6.54 Å². The molecule has 0 radical (unpaired) electrons. The van der Waals surface area contributed by atoms with Gasteiger partial charge in [-0.15, -0.1) is 0 Å². The number of nitrogens with one attached hydrogen (secondary N) is 1. The summed E-state index contributed by atoms with van der Waals surface area (Å²) in [6.45, 7) is 4.43. The molecule has 8 nitrogen and oxygen atoms in total. The number of amides is 1. The predicted molar refractivity (Wildman–Crippen MR) is 113 cm³/mol. The SMILES string of the molecule is Cc1nn(-c2ccccc2)c(C)c1CNC(=O)Cn1ccc2cc([N+](=O)[O-])ccc21. The smallest absolute Gasteiger partial charge is 0.270 e. The lowest BCUT2D eigenvalue weighted by molar-refractivity contribution is -0.384. The van der Waals surface area contributed by atoms with Crippen molar-refractivity contribution in [2.45, 2.75) is 26.9 Å². The average Bonchev–Trinajstić information content (AvgIpc) is 3.27. The molecule has 0 bridgehead atoms. The minimum Gasteiger partial charge on any atom is -0.350 e. The van der Waals surface area contributed by atoms with E-state index in [0.717, 1.165) is 33.5 Å². The van der Waals surface area contributed by atoms with E-state index in [1.165, 1.54) is 12.1 Å². The summed E-state index contributed by atoms with van der Waals surface area (Å²) >= 11 is 0. The fraction of sp³-hybridized carbons (Fsp3) is 0.182. The highest BCUT2D eigenvalue weighted by Crippen LogP contribution is 2.22. The zero-order chi connectivity index (χ0) is 21.3. The van der Waals surface area contributed by atoms with Gasteiger partial charge >= 0.3 is 0 Å². The lowest BCUT2D eigenvalue weighted by Crippen LogP contribution is -2.27. The molecule has 1 N–H and O–H groups in total. The van der Waals surface area contributed by atoms with E-state index in [4.69, 9.17) is 0 Å². The molecule has 0 saturated heterocycles. The van der Waals surface area contributed by atoms with Crippen molar-refractivity contribution in [3.63, 3.8) is 0 Å². The Hall–Kier alpha value is -3.94. The van der Waals surface area contributed by atoms with Gasteiger partial charge in [0, 0.05) is 47.0 Å². The first-order valence-electron chi connectivity index (χ1n) is 9.54. The summed E-state index contributed by atoms with van der Waals surface area (Å²) in [7, 11) is 0. The lowest BCUT2D eigenvalue weighted by atomic mass is 10.2. The van der Waals surface area contributed by atoms with E-state index in [9.17, 15) is 14.9 Å². The van der Waals surface area contributed by atoms with E-state index in [2.05, 4.69) is 10.4 Å². The largest absolute Gasteiger partial charge is 0.350 e. The minimum atomic E-state index is -0.427. The van der Waals surface area contributed by atoms with Crippen molar-refractivity contribution in [3.05, 3.63) is 87.9 Å². The number of nitro benzene ring substituents is 1. The molecule has 152 valence electrons. The topological polar surface area (TPSA) is 95.0 Å². The van der Waals surface area contributed by atoms with Crippen LogP contribution in [0.15, 0.2) is 60.8 Å². The highest BCUT2D eigenvalue weighted by Gasteiger charge is 2.15. The number of nitrogens with zero attached hydrogens (tertiary/aromatic N) is 4. The Morgan fingerprint density at radius 2 is 1.90 bits per heavy atom. The van der Waals surface area contributed by atoms with E-state index in [1.54, 1.807) is 22.9 Å².